The van der Waals surface area contributed by atoms with Crippen LogP contribution in [0.5, 0.6) is 0 Å². The molecule has 0 unspecified atom stereocenters. The summed E-state index contributed by atoms with van der Waals surface area (Å²) in [5.74, 6) is 2.89. The minimum atomic E-state index is -1.05. The van der Waals surface area contributed by atoms with E-state index in [1.54, 1.807) is 0 Å². The number of rotatable bonds is 2. The zero-order valence-electron chi connectivity index (χ0n) is 7.53. The molecule has 1 aromatic heterocycles. The van der Waals surface area contributed by atoms with Crippen molar-refractivity contribution in [2.75, 3.05) is 0 Å². The van der Waals surface area contributed by atoms with Crippen molar-refractivity contribution < 1.29 is 19.1 Å². The number of carboxylic acids is 1. The highest BCUT2D eigenvalue weighted by Gasteiger charge is 2.01. The summed E-state index contributed by atoms with van der Waals surface area (Å²) in [5.41, 5.74) is 0.108. The molecule has 0 amide bonds. The highest BCUT2D eigenvalue weighted by molar-refractivity contribution is 5.75. The van der Waals surface area contributed by atoms with Crippen molar-refractivity contribution in [3.05, 3.63) is 29.3 Å². The lowest BCUT2D eigenvalue weighted by Gasteiger charge is -1.93. The van der Waals surface area contributed by atoms with Gasteiger partial charge in [-0.15, -0.1) is 0 Å². The molecule has 0 saturated heterocycles. The number of aliphatic carboxylic acids is 1. The number of aromatic nitrogens is 1. The second-order valence-electron chi connectivity index (χ2n) is 2.59. The van der Waals surface area contributed by atoms with Gasteiger partial charge in [0.1, 0.15) is 6.42 Å². The number of hydrogen-bond acceptors (Lipinski definition) is 3. The van der Waals surface area contributed by atoms with E-state index in [9.17, 15) is 14.0 Å². The van der Waals surface area contributed by atoms with Crippen molar-refractivity contribution in [1.82, 2.24) is 4.98 Å². The van der Waals surface area contributed by atoms with E-state index in [1.807, 2.05) is 0 Å². The first-order valence-corrected chi connectivity index (χ1v) is 3.95. The first-order chi connectivity index (χ1) is 7.13. The van der Waals surface area contributed by atoms with Crippen molar-refractivity contribution in [2.45, 2.75) is 6.42 Å². The molecule has 1 heterocycles. The van der Waals surface area contributed by atoms with Crippen LogP contribution in [0, 0.1) is 17.8 Å². The van der Waals surface area contributed by atoms with Gasteiger partial charge in [0, 0.05) is 11.8 Å². The second-order valence-corrected chi connectivity index (χ2v) is 2.59. The molecule has 0 spiro atoms. The zero-order valence-corrected chi connectivity index (χ0v) is 7.53. The molecule has 0 radical (unpaired) electrons. The molecule has 0 aromatic carbocycles. The first-order valence-electron chi connectivity index (χ1n) is 3.95. The number of halogens is 1. The van der Waals surface area contributed by atoms with Gasteiger partial charge in [-0.25, -0.2) is 4.98 Å². The number of pyridine rings is 1. The second kappa shape index (κ2) is 4.86. The summed E-state index contributed by atoms with van der Waals surface area (Å²) in [7, 11) is 0. The van der Waals surface area contributed by atoms with Gasteiger partial charge in [-0.3, -0.25) is 9.59 Å². The number of nitrogens with zero attached hydrogens (tertiary/aromatic N) is 1. The summed E-state index contributed by atoms with van der Waals surface area (Å²) >= 11 is 0. The quantitative estimate of drug-likeness (QED) is 0.443. The number of carbonyl (C=O) groups excluding carboxylic acids is 1. The van der Waals surface area contributed by atoms with E-state index < -0.39 is 11.9 Å². The number of carbonyl (C=O) groups is 2. The van der Waals surface area contributed by atoms with Crippen molar-refractivity contribution in [1.29, 1.82) is 0 Å². The van der Waals surface area contributed by atoms with E-state index >= 15 is 0 Å². The molecule has 4 nitrogen and oxygen atoms in total. The van der Waals surface area contributed by atoms with Crippen LogP contribution in [0.1, 0.15) is 22.3 Å². The Labute approximate surface area is 84.8 Å². The van der Waals surface area contributed by atoms with Gasteiger partial charge >= 0.3 is 5.97 Å². The minimum Gasteiger partial charge on any atom is -0.481 e. The van der Waals surface area contributed by atoms with Crippen LogP contribution in [0.15, 0.2) is 12.3 Å². The Balaban J connectivity index is 2.90. The van der Waals surface area contributed by atoms with Crippen molar-refractivity contribution in [2.24, 2.45) is 0 Å². The third-order valence-electron chi connectivity index (χ3n) is 1.47. The number of hydrogen-bond donors (Lipinski definition) is 1. The third kappa shape index (κ3) is 3.19. The average molecular weight is 207 g/mol. The van der Waals surface area contributed by atoms with E-state index in [0.29, 0.717) is 11.8 Å². The summed E-state index contributed by atoms with van der Waals surface area (Å²) in [4.78, 5) is 23.8. The van der Waals surface area contributed by atoms with Gasteiger partial charge in [0.05, 0.1) is 5.56 Å². The van der Waals surface area contributed by atoms with Crippen molar-refractivity contribution in [3.8, 4) is 11.8 Å². The molecule has 15 heavy (non-hydrogen) atoms. The number of carboxylic acid groups (broad SMARTS) is 1. The lowest BCUT2D eigenvalue weighted by molar-refractivity contribution is -0.135. The molecular weight excluding hydrogens is 201 g/mol. The fraction of sp³-hybridized carbons (Fsp3) is 0.100. The maximum absolute atomic E-state index is 12.7. The molecule has 0 atom stereocenters. The molecule has 1 N–H and O–H groups in total. The Morgan fingerprint density at radius 3 is 3.00 bits per heavy atom. The Hall–Kier alpha value is -2.22. The van der Waals surface area contributed by atoms with Crippen LogP contribution >= 0.6 is 0 Å². The molecule has 0 bridgehead atoms. The van der Waals surface area contributed by atoms with Crippen molar-refractivity contribution in [3.63, 3.8) is 0 Å². The Morgan fingerprint density at radius 1 is 1.67 bits per heavy atom. The lowest BCUT2D eigenvalue weighted by atomic mass is 10.2. The summed E-state index contributed by atoms with van der Waals surface area (Å²) < 4.78 is 12.7. The van der Waals surface area contributed by atoms with Crippen LogP contribution in [0.4, 0.5) is 4.39 Å². The molecule has 0 aliphatic heterocycles. The highest BCUT2D eigenvalue weighted by atomic mass is 19.1. The predicted octanol–water partition coefficient (Wildman–Crippen LogP) is 0.859. The van der Waals surface area contributed by atoms with Gasteiger partial charge in [-0.2, -0.15) is 4.39 Å². The predicted molar refractivity (Wildman–Crippen MR) is 48.7 cm³/mol. The summed E-state index contributed by atoms with van der Waals surface area (Å²) in [6.07, 6.45) is 1.15. The number of aldehydes is 1. The topological polar surface area (TPSA) is 67.3 Å². The fourth-order valence-electron chi connectivity index (χ4n) is 0.838. The van der Waals surface area contributed by atoms with Gasteiger partial charge in [-0.1, -0.05) is 11.8 Å². The molecule has 1 rings (SSSR count). The molecule has 0 aliphatic carbocycles. The summed E-state index contributed by atoms with van der Waals surface area (Å²) in [6.45, 7) is 0. The minimum absolute atomic E-state index is 0.197. The first kappa shape index (κ1) is 10.9. The monoisotopic (exact) mass is 207 g/mol. The van der Waals surface area contributed by atoms with Gasteiger partial charge in [-0.05, 0) is 6.07 Å². The standard InChI is InChI=1S/C10H6FNO3/c11-10-8(6-13)4-7(5-12-10)2-1-3-9(14)15/h4-6H,3H2,(H,14,15). The Kier molecular flexibility index (Phi) is 3.52. The zero-order chi connectivity index (χ0) is 11.3. The van der Waals surface area contributed by atoms with Crippen LogP contribution in [0.2, 0.25) is 0 Å². The van der Waals surface area contributed by atoms with Crippen molar-refractivity contribution >= 4 is 12.3 Å². The molecule has 76 valence electrons. The molecule has 0 saturated carbocycles. The van der Waals surface area contributed by atoms with Crippen LogP contribution in [-0.4, -0.2) is 22.3 Å². The maximum atomic E-state index is 12.7. The fourth-order valence-corrected chi connectivity index (χ4v) is 0.838. The lowest BCUT2D eigenvalue weighted by Crippen LogP contribution is -1.93. The van der Waals surface area contributed by atoms with Crippen LogP contribution in [0.25, 0.3) is 0 Å². The van der Waals surface area contributed by atoms with Gasteiger partial charge in [0.25, 0.3) is 0 Å². The Bertz CT molecular complexity index is 459. The van der Waals surface area contributed by atoms with Crippen LogP contribution in [0.3, 0.4) is 0 Å². The van der Waals surface area contributed by atoms with E-state index in [1.165, 1.54) is 6.07 Å². The van der Waals surface area contributed by atoms with Crippen LogP contribution in [-0.2, 0) is 4.79 Å². The molecular formula is C10H6FNO3. The largest absolute Gasteiger partial charge is 0.481 e. The van der Waals surface area contributed by atoms with Gasteiger partial charge in [0.2, 0.25) is 5.95 Å². The summed E-state index contributed by atoms with van der Waals surface area (Å²) in [5, 5.41) is 8.30. The third-order valence-corrected chi connectivity index (χ3v) is 1.47. The molecule has 5 heteroatoms. The highest BCUT2D eigenvalue weighted by Crippen LogP contribution is 2.03. The SMILES string of the molecule is O=Cc1cc(C#CCC(=O)O)cnc1F. The molecule has 0 aliphatic rings. The average Bonchev–Trinajstić information content (AvgIpc) is 2.20. The summed E-state index contributed by atoms with van der Waals surface area (Å²) in [6, 6.07) is 1.21. The normalized spacial score (nSPS) is 8.87. The van der Waals surface area contributed by atoms with Crippen LogP contribution < -0.4 is 0 Å². The van der Waals surface area contributed by atoms with E-state index in [4.69, 9.17) is 5.11 Å². The van der Waals surface area contributed by atoms with Gasteiger partial charge < -0.3 is 5.11 Å². The maximum Gasteiger partial charge on any atom is 0.315 e. The van der Waals surface area contributed by atoms with E-state index in [2.05, 4.69) is 16.8 Å². The van der Waals surface area contributed by atoms with Gasteiger partial charge in [0.15, 0.2) is 6.29 Å². The molecule has 1 aromatic rings. The smallest absolute Gasteiger partial charge is 0.315 e. The Morgan fingerprint density at radius 2 is 2.40 bits per heavy atom. The van der Waals surface area contributed by atoms with E-state index in [0.717, 1.165) is 6.20 Å². The molecule has 0 fully saturated rings. The van der Waals surface area contributed by atoms with E-state index in [-0.39, 0.29) is 12.0 Å².